The first-order valence-corrected chi connectivity index (χ1v) is 5.85. The first kappa shape index (κ1) is 14.0. The van der Waals surface area contributed by atoms with Crippen molar-refractivity contribution in [3.05, 3.63) is 24.3 Å². The van der Waals surface area contributed by atoms with E-state index in [-0.39, 0.29) is 0 Å². The number of nitrogens with two attached hydrogens (primary N) is 1. The predicted molar refractivity (Wildman–Crippen MR) is 65.2 cm³/mol. The van der Waals surface area contributed by atoms with Gasteiger partial charge >= 0.3 is 0 Å². The fourth-order valence-electron chi connectivity index (χ4n) is 1.85. The van der Waals surface area contributed by atoms with Crippen molar-refractivity contribution in [2.75, 3.05) is 12.3 Å². The maximum atomic E-state index is 9.77. The van der Waals surface area contributed by atoms with E-state index in [2.05, 4.69) is 0 Å². The van der Waals surface area contributed by atoms with E-state index < -0.39 is 37.3 Å². The highest BCUT2D eigenvalue weighted by Gasteiger charge is 2.44. The van der Waals surface area contributed by atoms with Gasteiger partial charge in [-0.1, -0.05) is 0 Å². The monoisotopic (exact) mass is 271 g/mol. The molecule has 1 aliphatic heterocycles. The van der Waals surface area contributed by atoms with Crippen LogP contribution < -0.4 is 10.5 Å². The van der Waals surface area contributed by atoms with Gasteiger partial charge in [0.2, 0.25) is 6.29 Å². The van der Waals surface area contributed by atoms with E-state index >= 15 is 0 Å². The molecule has 0 aliphatic carbocycles. The number of aliphatic hydroxyl groups is 4. The summed E-state index contributed by atoms with van der Waals surface area (Å²) in [6.07, 6.45) is -6.44. The number of aliphatic hydroxyl groups excluding tert-OH is 4. The van der Waals surface area contributed by atoms with E-state index in [4.69, 9.17) is 20.3 Å². The van der Waals surface area contributed by atoms with Crippen molar-refractivity contribution in [1.82, 2.24) is 0 Å². The first-order chi connectivity index (χ1) is 9.02. The van der Waals surface area contributed by atoms with Crippen LogP contribution in [0.4, 0.5) is 5.69 Å². The molecule has 1 aliphatic rings. The van der Waals surface area contributed by atoms with Crippen LogP contribution in [-0.4, -0.2) is 57.7 Å². The lowest BCUT2D eigenvalue weighted by Crippen LogP contribution is -2.60. The second kappa shape index (κ2) is 5.72. The van der Waals surface area contributed by atoms with Crippen LogP contribution in [0.25, 0.3) is 0 Å². The summed E-state index contributed by atoms with van der Waals surface area (Å²) in [6.45, 7) is -0.494. The van der Waals surface area contributed by atoms with Crippen LogP contribution in [-0.2, 0) is 4.74 Å². The highest BCUT2D eigenvalue weighted by molar-refractivity contribution is 5.41. The SMILES string of the molecule is Nc1ccc(OC2O[C@H](CO)[C@@H](O)[C@H](O)[C@@H]2O)cc1. The van der Waals surface area contributed by atoms with Gasteiger partial charge in [-0.05, 0) is 24.3 Å². The molecule has 1 heterocycles. The van der Waals surface area contributed by atoms with Gasteiger partial charge in [-0.15, -0.1) is 0 Å². The van der Waals surface area contributed by atoms with Crippen molar-refractivity contribution in [2.45, 2.75) is 30.7 Å². The molecule has 0 saturated carbocycles. The smallest absolute Gasteiger partial charge is 0.229 e. The lowest BCUT2D eigenvalue weighted by Gasteiger charge is -2.39. The molecule has 1 aromatic rings. The highest BCUT2D eigenvalue weighted by atomic mass is 16.7. The van der Waals surface area contributed by atoms with Gasteiger partial charge in [0.05, 0.1) is 6.61 Å². The number of nitrogen functional groups attached to an aromatic ring is 1. The van der Waals surface area contributed by atoms with Crippen molar-refractivity contribution in [3.63, 3.8) is 0 Å². The predicted octanol–water partition coefficient (Wildman–Crippen LogP) is -1.55. The quantitative estimate of drug-likeness (QED) is 0.421. The lowest BCUT2D eigenvalue weighted by atomic mass is 9.99. The lowest BCUT2D eigenvalue weighted by molar-refractivity contribution is -0.277. The fraction of sp³-hybridized carbons (Fsp3) is 0.500. The summed E-state index contributed by atoms with van der Waals surface area (Å²) in [5.41, 5.74) is 6.09. The average molecular weight is 271 g/mol. The molecule has 0 bridgehead atoms. The summed E-state index contributed by atoms with van der Waals surface area (Å²) in [6, 6.07) is 6.38. The van der Waals surface area contributed by atoms with Crippen molar-refractivity contribution in [3.8, 4) is 5.75 Å². The van der Waals surface area contributed by atoms with Crippen molar-refractivity contribution in [1.29, 1.82) is 0 Å². The number of ether oxygens (including phenoxy) is 2. The largest absolute Gasteiger partial charge is 0.462 e. The molecule has 6 N–H and O–H groups in total. The molecule has 1 aromatic carbocycles. The van der Waals surface area contributed by atoms with Crippen molar-refractivity contribution < 1.29 is 29.9 Å². The van der Waals surface area contributed by atoms with Gasteiger partial charge in [-0.3, -0.25) is 0 Å². The topological polar surface area (TPSA) is 125 Å². The molecule has 1 saturated heterocycles. The van der Waals surface area contributed by atoms with E-state index in [1.807, 2.05) is 0 Å². The van der Waals surface area contributed by atoms with E-state index in [0.717, 1.165) is 0 Å². The molecule has 0 amide bonds. The fourth-order valence-corrected chi connectivity index (χ4v) is 1.85. The third kappa shape index (κ3) is 2.96. The summed E-state index contributed by atoms with van der Waals surface area (Å²) in [4.78, 5) is 0. The molecule has 106 valence electrons. The van der Waals surface area contributed by atoms with Crippen LogP contribution in [0, 0.1) is 0 Å². The van der Waals surface area contributed by atoms with Crippen LogP contribution in [0.5, 0.6) is 5.75 Å². The van der Waals surface area contributed by atoms with Crippen LogP contribution in [0.15, 0.2) is 24.3 Å². The Labute approximate surface area is 109 Å². The number of benzene rings is 1. The Hall–Kier alpha value is -1.38. The normalized spacial score (nSPS) is 35.1. The molecule has 5 atom stereocenters. The molecule has 2 rings (SSSR count). The molecule has 0 spiro atoms. The zero-order valence-electron chi connectivity index (χ0n) is 10.1. The van der Waals surface area contributed by atoms with Crippen LogP contribution in [0.1, 0.15) is 0 Å². The molecular formula is C12H17NO6. The zero-order valence-corrected chi connectivity index (χ0v) is 10.1. The summed E-state index contributed by atoms with van der Waals surface area (Å²) in [5, 5.41) is 38.0. The van der Waals surface area contributed by atoms with Gasteiger partial charge < -0.3 is 35.6 Å². The van der Waals surface area contributed by atoms with E-state index in [0.29, 0.717) is 11.4 Å². The van der Waals surface area contributed by atoms with E-state index in [1.165, 1.54) is 0 Å². The first-order valence-electron chi connectivity index (χ1n) is 5.85. The van der Waals surface area contributed by atoms with Gasteiger partial charge in [0.15, 0.2) is 0 Å². The van der Waals surface area contributed by atoms with Gasteiger partial charge in [-0.2, -0.15) is 0 Å². The summed E-state index contributed by atoms with van der Waals surface area (Å²) in [5.74, 6) is 0.388. The number of hydrogen-bond acceptors (Lipinski definition) is 7. The van der Waals surface area contributed by atoms with Gasteiger partial charge in [0.1, 0.15) is 30.2 Å². The van der Waals surface area contributed by atoms with Crippen LogP contribution >= 0.6 is 0 Å². The van der Waals surface area contributed by atoms with Gasteiger partial charge in [0, 0.05) is 5.69 Å². The average Bonchev–Trinajstić information content (AvgIpc) is 2.42. The Balaban J connectivity index is 2.08. The summed E-state index contributed by atoms with van der Waals surface area (Å²) in [7, 11) is 0. The molecule has 1 unspecified atom stereocenters. The third-order valence-electron chi connectivity index (χ3n) is 2.98. The van der Waals surface area contributed by atoms with Crippen LogP contribution in [0.3, 0.4) is 0 Å². The molecular weight excluding hydrogens is 254 g/mol. The molecule has 7 nitrogen and oxygen atoms in total. The number of anilines is 1. The minimum Gasteiger partial charge on any atom is -0.462 e. The molecule has 0 radical (unpaired) electrons. The molecule has 19 heavy (non-hydrogen) atoms. The minimum absolute atomic E-state index is 0.388. The summed E-state index contributed by atoms with van der Waals surface area (Å²) >= 11 is 0. The third-order valence-corrected chi connectivity index (χ3v) is 2.98. The molecule has 1 fully saturated rings. The maximum absolute atomic E-state index is 9.77. The van der Waals surface area contributed by atoms with Crippen molar-refractivity contribution in [2.24, 2.45) is 0 Å². The highest BCUT2D eigenvalue weighted by Crippen LogP contribution is 2.24. The van der Waals surface area contributed by atoms with Crippen molar-refractivity contribution >= 4 is 5.69 Å². The zero-order chi connectivity index (χ0) is 14.0. The van der Waals surface area contributed by atoms with Gasteiger partial charge in [0.25, 0.3) is 0 Å². The Kier molecular flexibility index (Phi) is 4.23. The second-order valence-corrected chi connectivity index (χ2v) is 4.38. The number of rotatable bonds is 3. The summed E-state index contributed by atoms with van der Waals surface area (Å²) < 4.78 is 10.6. The Morgan fingerprint density at radius 2 is 1.68 bits per heavy atom. The second-order valence-electron chi connectivity index (χ2n) is 4.38. The Morgan fingerprint density at radius 3 is 2.26 bits per heavy atom. The standard InChI is InChI=1S/C12H17NO6/c13-6-1-3-7(4-2-6)18-12-11(17)10(16)9(15)8(5-14)19-12/h1-4,8-12,14-17H,5,13H2/t8-,9-,10+,11+,12?/m1/s1. The maximum Gasteiger partial charge on any atom is 0.229 e. The Bertz CT molecular complexity index is 409. The van der Waals surface area contributed by atoms with Crippen LogP contribution in [0.2, 0.25) is 0 Å². The minimum atomic E-state index is -1.45. The van der Waals surface area contributed by atoms with E-state index in [1.54, 1.807) is 24.3 Å². The Morgan fingerprint density at radius 1 is 1.05 bits per heavy atom. The molecule has 0 aromatic heterocycles. The molecule has 7 heteroatoms. The number of hydrogen-bond donors (Lipinski definition) is 5. The van der Waals surface area contributed by atoms with Gasteiger partial charge in [-0.25, -0.2) is 0 Å². The van der Waals surface area contributed by atoms with E-state index in [9.17, 15) is 15.3 Å².